The first-order valence-corrected chi connectivity index (χ1v) is 8.82. The van der Waals surface area contributed by atoms with E-state index in [1.165, 1.54) is 6.21 Å². The highest BCUT2D eigenvalue weighted by molar-refractivity contribution is 6.32. The van der Waals surface area contributed by atoms with E-state index in [9.17, 15) is 13.9 Å². The van der Waals surface area contributed by atoms with Crippen molar-refractivity contribution in [3.8, 4) is 5.75 Å². The summed E-state index contributed by atoms with van der Waals surface area (Å²) in [5.41, 5.74) is 1.55. The second kappa shape index (κ2) is 8.73. The number of likely N-dealkylation sites (tertiary alicyclic amines) is 1. The fourth-order valence-electron chi connectivity index (χ4n) is 3.28. The molecule has 27 heavy (non-hydrogen) atoms. The number of halogens is 2. The minimum absolute atomic E-state index is 0.0845. The van der Waals surface area contributed by atoms with Crippen LogP contribution in [0.5, 0.6) is 5.75 Å². The summed E-state index contributed by atoms with van der Waals surface area (Å²) in [5, 5.41) is 13.3. The second-order valence-corrected chi connectivity index (χ2v) is 6.62. The molecule has 0 aromatic heterocycles. The van der Waals surface area contributed by atoms with Crippen LogP contribution in [-0.2, 0) is 0 Å². The van der Waals surface area contributed by atoms with E-state index in [0.717, 1.165) is 49.7 Å². The van der Waals surface area contributed by atoms with Crippen LogP contribution in [0.3, 0.4) is 0 Å². The van der Waals surface area contributed by atoms with Crippen LogP contribution in [-0.4, -0.2) is 41.6 Å². The Morgan fingerprint density at radius 1 is 1.19 bits per heavy atom. The van der Waals surface area contributed by atoms with Crippen LogP contribution in [0.1, 0.15) is 24.3 Å². The van der Waals surface area contributed by atoms with E-state index in [2.05, 4.69) is 15.0 Å². The number of nitrogens with zero attached hydrogens (tertiary/aromatic N) is 3. The molecule has 0 radical (unpaired) electrons. The molecule has 3 N–H and O–H groups in total. The number of nitrogens with two attached hydrogens (primary N) is 1. The van der Waals surface area contributed by atoms with Gasteiger partial charge in [0, 0.05) is 12.6 Å². The monoisotopic (exact) mass is 372 g/mol. The van der Waals surface area contributed by atoms with Crippen molar-refractivity contribution in [2.75, 3.05) is 19.6 Å². The summed E-state index contributed by atoms with van der Waals surface area (Å²) in [6.07, 6.45) is 3.28. The zero-order chi connectivity index (χ0) is 19.2. The minimum Gasteiger partial charge on any atom is -0.508 e. The highest BCUT2D eigenvalue weighted by atomic mass is 19.1. The molecule has 2 aromatic rings. The maximum atomic E-state index is 13.6. The van der Waals surface area contributed by atoms with Crippen LogP contribution in [0.15, 0.2) is 52.6 Å². The SMILES string of the molecule is NN=C(C=Nc1cc(F)ccc1F)CN1CCC(c2cccc(O)c2)CC1. The van der Waals surface area contributed by atoms with Crippen LogP contribution in [0.2, 0.25) is 0 Å². The van der Waals surface area contributed by atoms with E-state index < -0.39 is 11.6 Å². The Balaban J connectivity index is 1.57. The van der Waals surface area contributed by atoms with Crippen LogP contribution >= 0.6 is 0 Å². The molecule has 0 aliphatic carbocycles. The van der Waals surface area contributed by atoms with Gasteiger partial charge in [-0.3, -0.25) is 9.89 Å². The molecule has 0 amide bonds. The lowest BCUT2D eigenvalue weighted by molar-refractivity contribution is 0.239. The van der Waals surface area contributed by atoms with E-state index in [-0.39, 0.29) is 11.4 Å². The van der Waals surface area contributed by atoms with E-state index >= 15 is 0 Å². The lowest BCUT2D eigenvalue weighted by Gasteiger charge is -2.32. The summed E-state index contributed by atoms with van der Waals surface area (Å²) >= 11 is 0. The average molecular weight is 372 g/mol. The summed E-state index contributed by atoms with van der Waals surface area (Å²) in [6, 6.07) is 10.5. The molecule has 1 aliphatic heterocycles. The van der Waals surface area contributed by atoms with Gasteiger partial charge in [0.2, 0.25) is 0 Å². The Morgan fingerprint density at radius 2 is 1.96 bits per heavy atom. The molecule has 1 fully saturated rings. The molecule has 5 nitrogen and oxygen atoms in total. The number of aromatic hydroxyl groups is 1. The van der Waals surface area contributed by atoms with Gasteiger partial charge in [0.1, 0.15) is 23.1 Å². The minimum atomic E-state index is -0.601. The average Bonchev–Trinajstić information content (AvgIpc) is 2.68. The quantitative estimate of drug-likeness (QED) is 0.479. The summed E-state index contributed by atoms with van der Waals surface area (Å²) in [7, 11) is 0. The Morgan fingerprint density at radius 3 is 2.67 bits per heavy atom. The number of rotatable bonds is 5. The number of aliphatic imine (C=N–C) groups is 1. The largest absolute Gasteiger partial charge is 0.508 e. The van der Waals surface area contributed by atoms with Crippen molar-refractivity contribution in [2.45, 2.75) is 18.8 Å². The molecule has 3 rings (SSSR count). The zero-order valence-corrected chi connectivity index (χ0v) is 14.9. The van der Waals surface area contributed by atoms with Gasteiger partial charge < -0.3 is 10.9 Å². The number of hydrazone groups is 1. The molecule has 0 unspecified atom stereocenters. The van der Waals surface area contributed by atoms with Crippen LogP contribution in [0.4, 0.5) is 14.5 Å². The van der Waals surface area contributed by atoms with E-state index in [4.69, 9.17) is 5.84 Å². The fourth-order valence-corrected chi connectivity index (χ4v) is 3.28. The summed E-state index contributed by atoms with van der Waals surface area (Å²) in [5.74, 6) is 4.97. The van der Waals surface area contributed by atoms with Crippen LogP contribution < -0.4 is 5.84 Å². The molecule has 0 spiro atoms. The lowest BCUT2D eigenvalue weighted by Crippen LogP contribution is -2.37. The predicted molar refractivity (Wildman–Crippen MR) is 103 cm³/mol. The molecule has 0 atom stereocenters. The standard InChI is InChI=1S/C20H22F2N4O/c21-16-4-5-19(22)20(11-16)24-12-17(25-23)13-26-8-6-14(7-9-26)15-2-1-3-18(27)10-15/h1-5,10-12,14,27H,6-9,13,23H2. The first-order chi connectivity index (χ1) is 13.0. The summed E-state index contributed by atoms with van der Waals surface area (Å²) in [6.45, 7) is 2.19. The molecular weight excluding hydrogens is 350 g/mol. The van der Waals surface area contributed by atoms with Crippen molar-refractivity contribution < 1.29 is 13.9 Å². The van der Waals surface area contributed by atoms with Crippen molar-refractivity contribution >= 4 is 17.6 Å². The molecule has 2 aromatic carbocycles. The van der Waals surface area contributed by atoms with Crippen molar-refractivity contribution in [3.63, 3.8) is 0 Å². The van der Waals surface area contributed by atoms with Crippen molar-refractivity contribution in [1.29, 1.82) is 0 Å². The third kappa shape index (κ3) is 5.10. The smallest absolute Gasteiger partial charge is 0.149 e. The molecule has 0 bridgehead atoms. The summed E-state index contributed by atoms with van der Waals surface area (Å²) < 4.78 is 26.8. The number of phenols is 1. The third-order valence-corrected chi connectivity index (χ3v) is 4.74. The van der Waals surface area contributed by atoms with Gasteiger partial charge in [-0.15, -0.1) is 0 Å². The number of hydrogen-bond acceptors (Lipinski definition) is 5. The number of piperidine rings is 1. The number of benzene rings is 2. The molecule has 142 valence electrons. The Labute approximate surface area is 156 Å². The fraction of sp³-hybridized carbons (Fsp3) is 0.300. The van der Waals surface area contributed by atoms with Gasteiger partial charge in [0.25, 0.3) is 0 Å². The first-order valence-electron chi connectivity index (χ1n) is 8.82. The Bertz CT molecular complexity index is 846. The normalized spacial score (nSPS) is 16.9. The molecular formula is C20H22F2N4O. The van der Waals surface area contributed by atoms with Crippen molar-refractivity contribution in [1.82, 2.24) is 4.90 Å². The number of hydrogen-bond donors (Lipinski definition) is 2. The van der Waals surface area contributed by atoms with E-state index in [1.807, 2.05) is 18.2 Å². The second-order valence-electron chi connectivity index (χ2n) is 6.62. The maximum absolute atomic E-state index is 13.6. The maximum Gasteiger partial charge on any atom is 0.149 e. The molecule has 7 heteroatoms. The molecule has 1 heterocycles. The van der Waals surface area contributed by atoms with Gasteiger partial charge in [-0.25, -0.2) is 8.78 Å². The highest BCUT2D eigenvalue weighted by Gasteiger charge is 2.21. The number of phenolic OH excluding ortho intramolecular Hbond substituents is 1. The van der Waals surface area contributed by atoms with Gasteiger partial charge in [-0.05, 0) is 61.7 Å². The lowest BCUT2D eigenvalue weighted by atomic mass is 9.89. The van der Waals surface area contributed by atoms with E-state index in [0.29, 0.717) is 18.2 Å². The van der Waals surface area contributed by atoms with Crippen LogP contribution in [0, 0.1) is 11.6 Å². The zero-order valence-electron chi connectivity index (χ0n) is 14.9. The van der Waals surface area contributed by atoms with Gasteiger partial charge in [0.15, 0.2) is 0 Å². The van der Waals surface area contributed by atoms with Gasteiger partial charge >= 0.3 is 0 Å². The van der Waals surface area contributed by atoms with Gasteiger partial charge in [0.05, 0.1) is 11.9 Å². The van der Waals surface area contributed by atoms with Crippen molar-refractivity contribution in [3.05, 3.63) is 59.7 Å². The Kier molecular flexibility index (Phi) is 6.13. The molecule has 1 saturated heterocycles. The third-order valence-electron chi connectivity index (χ3n) is 4.74. The van der Waals surface area contributed by atoms with Crippen LogP contribution in [0.25, 0.3) is 0 Å². The molecule has 1 aliphatic rings. The summed E-state index contributed by atoms with van der Waals surface area (Å²) in [4.78, 5) is 6.16. The van der Waals surface area contributed by atoms with Gasteiger partial charge in [-0.2, -0.15) is 5.10 Å². The first kappa shape index (κ1) is 19.0. The Hall–Kier alpha value is -2.80. The predicted octanol–water partition coefficient (Wildman–Crippen LogP) is 3.57. The van der Waals surface area contributed by atoms with Gasteiger partial charge in [-0.1, -0.05) is 12.1 Å². The van der Waals surface area contributed by atoms with E-state index in [1.54, 1.807) is 6.07 Å². The highest BCUT2D eigenvalue weighted by Crippen LogP contribution is 2.29. The molecule has 0 saturated carbocycles. The van der Waals surface area contributed by atoms with Crippen molar-refractivity contribution in [2.24, 2.45) is 15.9 Å². The topological polar surface area (TPSA) is 74.2 Å².